The molecule has 16 heavy (non-hydrogen) atoms. The predicted molar refractivity (Wildman–Crippen MR) is 58.4 cm³/mol. The van der Waals surface area contributed by atoms with Gasteiger partial charge in [-0.2, -0.15) is 0 Å². The van der Waals surface area contributed by atoms with E-state index in [1.54, 1.807) is 0 Å². The summed E-state index contributed by atoms with van der Waals surface area (Å²) in [7, 11) is 0. The summed E-state index contributed by atoms with van der Waals surface area (Å²) in [6.07, 6.45) is 0. The zero-order valence-corrected chi connectivity index (χ0v) is 9.12. The first-order valence-corrected chi connectivity index (χ1v) is 4.79. The maximum absolute atomic E-state index is 13.5. The van der Waals surface area contributed by atoms with E-state index in [0.29, 0.717) is 5.56 Å². The molecule has 0 saturated heterocycles. The van der Waals surface area contributed by atoms with Gasteiger partial charge in [0.25, 0.3) is 0 Å². The Bertz CT molecular complexity index is 399. The summed E-state index contributed by atoms with van der Waals surface area (Å²) in [5.74, 6) is -1.20. The number of carbonyl (C=O) groups is 1. The second-order valence-electron chi connectivity index (χ2n) is 3.95. The molecule has 1 aromatic carbocycles. The smallest absolute Gasteiger partial charge is 0.322 e. The molecule has 1 rings (SSSR count). The second-order valence-corrected chi connectivity index (χ2v) is 3.95. The standard InChI is InChI=1S/C11H14FNO3/c1-11(2,12)7-3-4-8(9(14)5-7)13-6-10(15)16/h3-5,13-14H,6H2,1-2H3,(H,15,16). The molecule has 0 amide bonds. The fourth-order valence-electron chi connectivity index (χ4n) is 1.22. The van der Waals surface area contributed by atoms with Gasteiger partial charge in [0.2, 0.25) is 0 Å². The zero-order chi connectivity index (χ0) is 12.3. The minimum absolute atomic E-state index is 0.163. The van der Waals surface area contributed by atoms with E-state index in [0.717, 1.165) is 0 Å². The summed E-state index contributed by atoms with van der Waals surface area (Å²) in [6.45, 7) is 2.46. The average Bonchev–Trinajstić information content (AvgIpc) is 2.14. The van der Waals surface area contributed by atoms with Crippen molar-refractivity contribution in [3.63, 3.8) is 0 Å². The molecule has 4 nitrogen and oxygen atoms in total. The van der Waals surface area contributed by atoms with Crippen molar-refractivity contribution in [1.82, 2.24) is 0 Å². The fourth-order valence-corrected chi connectivity index (χ4v) is 1.22. The van der Waals surface area contributed by atoms with Gasteiger partial charge in [-0.1, -0.05) is 6.07 Å². The first-order valence-electron chi connectivity index (χ1n) is 4.79. The molecule has 0 aromatic heterocycles. The molecule has 0 fully saturated rings. The first kappa shape index (κ1) is 12.3. The zero-order valence-electron chi connectivity index (χ0n) is 9.12. The summed E-state index contributed by atoms with van der Waals surface area (Å²) in [5, 5.41) is 20.5. The summed E-state index contributed by atoms with van der Waals surface area (Å²) >= 11 is 0. The minimum atomic E-state index is -1.54. The Morgan fingerprint density at radius 1 is 1.50 bits per heavy atom. The van der Waals surface area contributed by atoms with Crippen LogP contribution in [-0.4, -0.2) is 22.7 Å². The van der Waals surface area contributed by atoms with Gasteiger partial charge in [-0.05, 0) is 31.5 Å². The molecule has 88 valence electrons. The number of rotatable bonds is 4. The number of phenolic OH excluding ortho intramolecular Hbond substituents is 1. The van der Waals surface area contributed by atoms with Crippen molar-refractivity contribution in [3.05, 3.63) is 23.8 Å². The topological polar surface area (TPSA) is 69.6 Å². The number of aliphatic carboxylic acids is 1. The van der Waals surface area contributed by atoms with E-state index in [2.05, 4.69) is 5.32 Å². The highest BCUT2D eigenvalue weighted by Crippen LogP contribution is 2.31. The molecule has 0 aliphatic carbocycles. The van der Waals surface area contributed by atoms with Gasteiger partial charge in [0.05, 0.1) is 5.69 Å². The molecule has 3 N–H and O–H groups in total. The van der Waals surface area contributed by atoms with E-state index in [4.69, 9.17) is 5.11 Å². The number of nitrogens with one attached hydrogen (secondary N) is 1. The number of hydrogen-bond acceptors (Lipinski definition) is 3. The van der Waals surface area contributed by atoms with Gasteiger partial charge in [0.15, 0.2) is 0 Å². The van der Waals surface area contributed by atoms with Crippen LogP contribution in [0.4, 0.5) is 10.1 Å². The molecule has 1 aromatic rings. The van der Waals surface area contributed by atoms with Gasteiger partial charge in [-0.15, -0.1) is 0 Å². The molecule has 0 spiro atoms. The number of carboxylic acids is 1. The third kappa shape index (κ3) is 3.12. The average molecular weight is 227 g/mol. The Labute approximate surface area is 92.7 Å². The Morgan fingerprint density at radius 2 is 2.12 bits per heavy atom. The van der Waals surface area contributed by atoms with Crippen LogP contribution in [0.3, 0.4) is 0 Å². The number of alkyl halides is 1. The molecule has 0 heterocycles. The molecule has 0 aliphatic rings. The van der Waals surface area contributed by atoms with E-state index >= 15 is 0 Å². The Balaban J connectivity index is 2.88. The molecular weight excluding hydrogens is 213 g/mol. The lowest BCUT2D eigenvalue weighted by Crippen LogP contribution is -2.13. The van der Waals surface area contributed by atoms with Crippen molar-refractivity contribution in [2.45, 2.75) is 19.5 Å². The van der Waals surface area contributed by atoms with Crippen LogP contribution < -0.4 is 5.32 Å². The number of anilines is 1. The molecular formula is C11H14FNO3. The lowest BCUT2D eigenvalue weighted by molar-refractivity contribution is -0.134. The Kier molecular flexibility index (Phi) is 3.37. The molecule has 0 unspecified atom stereocenters. The third-order valence-corrected chi connectivity index (χ3v) is 2.11. The first-order chi connectivity index (χ1) is 7.30. The summed E-state index contributed by atoms with van der Waals surface area (Å²) in [5.41, 5.74) is -0.927. The van der Waals surface area contributed by atoms with E-state index in [-0.39, 0.29) is 18.0 Å². The normalized spacial score (nSPS) is 11.2. The van der Waals surface area contributed by atoms with E-state index in [9.17, 15) is 14.3 Å². The third-order valence-electron chi connectivity index (χ3n) is 2.11. The van der Waals surface area contributed by atoms with Crippen molar-refractivity contribution in [2.75, 3.05) is 11.9 Å². The van der Waals surface area contributed by atoms with Crippen molar-refractivity contribution in [2.24, 2.45) is 0 Å². The van der Waals surface area contributed by atoms with Gasteiger partial charge in [0, 0.05) is 0 Å². The number of halogens is 1. The number of hydrogen-bond donors (Lipinski definition) is 3. The molecule has 5 heteroatoms. The van der Waals surface area contributed by atoms with Gasteiger partial charge in [-0.25, -0.2) is 4.39 Å². The summed E-state index contributed by atoms with van der Waals surface area (Å²) in [4.78, 5) is 10.3. The highest BCUT2D eigenvalue weighted by molar-refractivity contribution is 5.74. The maximum Gasteiger partial charge on any atom is 0.322 e. The molecule has 0 saturated carbocycles. The SMILES string of the molecule is CC(C)(F)c1ccc(NCC(=O)O)c(O)c1. The summed E-state index contributed by atoms with van der Waals surface area (Å²) in [6, 6.07) is 4.24. The molecule has 0 radical (unpaired) electrons. The number of aromatic hydroxyl groups is 1. The van der Waals surface area contributed by atoms with E-state index in [1.807, 2.05) is 0 Å². The van der Waals surface area contributed by atoms with Gasteiger partial charge >= 0.3 is 5.97 Å². The van der Waals surface area contributed by atoms with Crippen LogP contribution in [0.1, 0.15) is 19.4 Å². The molecule has 0 bridgehead atoms. The highest BCUT2D eigenvalue weighted by Gasteiger charge is 2.19. The number of benzene rings is 1. The monoisotopic (exact) mass is 227 g/mol. The van der Waals surface area contributed by atoms with Crippen LogP contribution in [0.2, 0.25) is 0 Å². The van der Waals surface area contributed by atoms with Gasteiger partial charge in [-0.3, -0.25) is 4.79 Å². The summed E-state index contributed by atoms with van der Waals surface area (Å²) < 4.78 is 13.5. The highest BCUT2D eigenvalue weighted by atomic mass is 19.1. The van der Waals surface area contributed by atoms with E-state index in [1.165, 1.54) is 32.0 Å². The van der Waals surface area contributed by atoms with Crippen molar-refractivity contribution in [3.8, 4) is 5.75 Å². The van der Waals surface area contributed by atoms with Crippen molar-refractivity contribution >= 4 is 11.7 Å². The van der Waals surface area contributed by atoms with Crippen LogP contribution in [0, 0.1) is 0 Å². The quantitative estimate of drug-likeness (QED) is 0.689. The van der Waals surface area contributed by atoms with Crippen LogP contribution in [0.5, 0.6) is 5.75 Å². The van der Waals surface area contributed by atoms with E-state index < -0.39 is 11.6 Å². The van der Waals surface area contributed by atoms with Crippen molar-refractivity contribution < 1.29 is 19.4 Å². The number of carboxylic acid groups (broad SMARTS) is 1. The fraction of sp³-hybridized carbons (Fsp3) is 0.364. The lowest BCUT2D eigenvalue weighted by Gasteiger charge is -2.16. The van der Waals surface area contributed by atoms with Crippen molar-refractivity contribution in [1.29, 1.82) is 0 Å². The number of phenols is 1. The predicted octanol–water partition coefficient (Wildman–Crippen LogP) is 2.09. The van der Waals surface area contributed by atoms with Gasteiger partial charge < -0.3 is 15.5 Å². The van der Waals surface area contributed by atoms with Crippen LogP contribution in [0.15, 0.2) is 18.2 Å². The second kappa shape index (κ2) is 4.38. The maximum atomic E-state index is 13.5. The Hall–Kier alpha value is -1.78. The Morgan fingerprint density at radius 3 is 2.56 bits per heavy atom. The molecule has 0 aliphatic heterocycles. The van der Waals surface area contributed by atoms with Crippen LogP contribution in [-0.2, 0) is 10.5 Å². The lowest BCUT2D eigenvalue weighted by atomic mass is 9.99. The minimum Gasteiger partial charge on any atom is -0.506 e. The van der Waals surface area contributed by atoms with Gasteiger partial charge in [0.1, 0.15) is 18.0 Å². The van der Waals surface area contributed by atoms with Crippen LogP contribution in [0.25, 0.3) is 0 Å². The van der Waals surface area contributed by atoms with Crippen LogP contribution >= 0.6 is 0 Å². The largest absolute Gasteiger partial charge is 0.506 e. The molecule has 0 atom stereocenters.